The standard InChI is InChI=1S/C4H5NO.ClHO4/c1-2-4-6-5-3-1;2-1(3,4)5/h1-5H;(H,2,3,4,5)/i6+1;. The number of hydrogen-bond donors (Lipinski definition) is 2. The first-order chi connectivity index (χ1) is 5.00. The van der Waals surface area contributed by atoms with E-state index in [0.717, 1.165) is 0 Å². The third-order valence-electron chi connectivity index (χ3n) is 0.490. The molecule has 0 radical (unpaired) electrons. The van der Waals surface area contributed by atoms with E-state index in [4.69, 9.17) is 18.6 Å². The molecule has 1 aliphatic heterocycles. The van der Waals surface area contributed by atoms with Gasteiger partial charge in [-0.15, -0.1) is 0 Å². The second-order valence-corrected chi connectivity index (χ2v) is 2.11. The van der Waals surface area contributed by atoms with Gasteiger partial charge in [0.1, 0.15) is 6.26 Å². The van der Waals surface area contributed by atoms with Gasteiger partial charge in [0.2, 0.25) is 0 Å². The first kappa shape index (κ1) is 10.2. The van der Waals surface area contributed by atoms with Gasteiger partial charge in [-0.05, 0) is 12.2 Å². The largest absolute Gasteiger partial charge is 0.391 e. The van der Waals surface area contributed by atoms with Crippen molar-refractivity contribution in [2.75, 3.05) is 0 Å². The highest BCUT2D eigenvalue weighted by Gasteiger charge is 1.98. The molecule has 0 fully saturated rings. The molecule has 2 N–H and O–H groups in total. The Morgan fingerprint density at radius 1 is 1.27 bits per heavy atom. The molecule has 0 aromatic heterocycles. The molecular weight excluding hydrogens is 178 g/mol. The van der Waals surface area contributed by atoms with Gasteiger partial charge in [-0.1, -0.05) is 0 Å². The number of nitrogens with one attached hydrogen (secondary N) is 1. The molecule has 0 atom stereocenters. The van der Waals surface area contributed by atoms with E-state index in [9.17, 15) is 0 Å². The van der Waals surface area contributed by atoms with E-state index in [1.807, 2.05) is 6.08 Å². The Kier molecular flexibility index (Phi) is 4.59. The van der Waals surface area contributed by atoms with Crippen LogP contribution in [0.1, 0.15) is 0 Å². The summed E-state index contributed by atoms with van der Waals surface area (Å²) in [7, 11) is -4.69. The monoisotopic (exact) mass is 184 g/mol. The minimum atomic E-state index is -4.69. The number of halogens is 1. The number of hydrogen-bond acceptors (Lipinski definition) is 6. The Bertz CT molecular complexity index is 133. The van der Waals surface area contributed by atoms with E-state index in [0.29, 0.717) is 0 Å². The van der Waals surface area contributed by atoms with Crippen LogP contribution in [0.3, 0.4) is 0 Å². The Hall–Kier alpha value is -0.790. The lowest BCUT2D eigenvalue weighted by Gasteiger charge is -2.03. The van der Waals surface area contributed by atoms with E-state index in [2.05, 4.69) is 10.3 Å². The molecule has 0 aromatic rings. The van der Waals surface area contributed by atoms with Crippen LogP contribution >= 0.6 is 0 Å². The molecule has 1 aliphatic rings. The van der Waals surface area contributed by atoms with Crippen molar-refractivity contribution in [2.45, 2.75) is 0 Å². The molecule has 1 heterocycles. The molecule has 0 amide bonds. The van der Waals surface area contributed by atoms with Crippen molar-refractivity contribution in [1.82, 2.24) is 5.48 Å². The summed E-state index contributed by atoms with van der Waals surface area (Å²) in [4.78, 5) is 4.55. The average Bonchev–Trinajstić information content (AvgIpc) is 1.88. The summed E-state index contributed by atoms with van der Waals surface area (Å²) in [5, 5.41) is 0. The predicted octanol–water partition coefficient (Wildman–Crippen LogP) is -3.58. The molecule has 0 saturated carbocycles. The minimum absolute atomic E-state index is 1.57. The van der Waals surface area contributed by atoms with Gasteiger partial charge in [0.15, 0.2) is 0 Å². The van der Waals surface area contributed by atoms with Crippen LogP contribution in [0.15, 0.2) is 24.6 Å². The Morgan fingerprint density at radius 3 is 1.91 bits per heavy atom. The molecule has 64 valence electrons. The maximum absolute atomic E-state index is 8.60. The minimum Gasteiger partial charge on any atom is -0.391 e. The molecule has 6 nitrogen and oxygen atoms in total. The van der Waals surface area contributed by atoms with Gasteiger partial charge in [0, 0.05) is 6.20 Å². The molecule has 0 bridgehead atoms. The number of rotatable bonds is 0. The number of allylic oxidation sites excluding steroid dienone is 2. The lowest BCUT2D eigenvalue weighted by atomic mass is 10.6. The van der Waals surface area contributed by atoms with Crippen LogP contribution in [-0.2, 0) is 4.84 Å². The first-order valence-electron chi connectivity index (χ1n) is 2.36. The van der Waals surface area contributed by atoms with Crippen LogP contribution in [0.4, 0.5) is 0 Å². The number of hydroxylamine groups is 1. The summed E-state index contributed by atoms with van der Waals surface area (Å²) in [5.74, 6) is 0. The fourth-order valence-electron chi connectivity index (χ4n) is 0.258. The van der Waals surface area contributed by atoms with Gasteiger partial charge >= 0.3 is 0 Å². The van der Waals surface area contributed by atoms with Gasteiger partial charge in [0.05, 0.1) is 14.9 Å². The zero-order chi connectivity index (χ0) is 8.74. The van der Waals surface area contributed by atoms with Gasteiger partial charge in [-0.3, -0.25) is 0 Å². The van der Waals surface area contributed by atoms with E-state index < -0.39 is 10.2 Å². The Labute approximate surface area is 64.7 Å². The smallest absolute Gasteiger partial charge is 0.119 e. The topological polar surface area (TPSA) is 111 Å². The highest BCUT2D eigenvalue weighted by atomic mass is 35.7. The molecule has 0 aliphatic carbocycles. The van der Waals surface area contributed by atoms with Crippen LogP contribution in [0, 0.1) is 10.2 Å². The van der Waals surface area contributed by atoms with E-state index in [1.165, 1.54) is 0 Å². The van der Waals surface area contributed by atoms with Crippen LogP contribution in [-0.4, -0.2) is 4.66 Å². The summed E-state index contributed by atoms with van der Waals surface area (Å²) in [6.45, 7) is 0. The lowest BCUT2D eigenvalue weighted by molar-refractivity contribution is -1.92. The first-order valence-corrected chi connectivity index (χ1v) is 3.62. The van der Waals surface area contributed by atoms with Gasteiger partial charge < -0.3 is 4.84 Å². The van der Waals surface area contributed by atoms with Gasteiger partial charge in [0.25, 0.3) is 0 Å². The van der Waals surface area contributed by atoms with Crippen LogP contribution in [0.2, 0.25) is 0 Å². The fourth-order valence-corrected chi connectivity index (χ4v) is 0.258. The summed E-state index contributed by atoms with van der Waals surface area (Å²) < 4.78 is 32.7. The molecule has 7 heteroatoms. The average molecular weight is 185 g/mol. The summed E-state index contributed by atoms with van der Waals surface area (Å²) in [6, 6.07) is 0. The molecule has 0 spiro atoms. The van der Waals surface area contributed by atoms with Crippen LogP contribution in [0.25, 0.3) is 0 Å². The van der Waals surface area contributed by atoms with E-state index >= 15 is 0 Å². The summed E-state index contributed by atoms with van der Waals surface area (Å²) in [6.07, 6.45) is 6.93. The normalized spacial score (nSPS) is 14.2. The maximum atomic E-state index is 8.60. The zero-order valence-electron chi connectivity index (χ0n) is 5.27. The maximum Gasteiger partial charge on any atom is 0.119 e. The zero-order valence-corrected chi connectivity index (χ0v) is 6.02. The van der Waals surface area contributed by atoms with Crippen molar-refractivity contribution in [3.63, 3.8) is 0 Å². The Balaban J connectivity index is 0.000000187. The molecule has 0 unspecified atom stereocenters. The van der Waals surface area contributed by atoms with Crippen molar-refractivity contribution in [3.05, 3.63) is 24.6 Å². The second kappa shape index (κ2) is 4.94. The molecule has 11 heavy (non-hydrogen) atoms. The SMILES string of the molecule is C1=CN[17O]C=C1.[O-][Cl+3]([O-])([O-])O. The second-order valence-electron chi connectivity index (χ2n) is 1.32. The van der Waals surface area contributed by atoms with Crippen molar-refractivity contribution in [1.29, 1.82) is 0 Å². The summed E-state index contributed by atoms with van der Waals surface area (Å²) >= 11 is 0. The van der Waals surface area contributed by atoms with E-state index in [-0.39, 0.29) is 0 Å². The molecular formula is C4H6ClNO5. The van der Waals surface area contributed by atoms with Crippen molar-refractivity contribution >= 4 is 0 Å². The Morgan fingerprint density at radius 2 is 1.82 bits per heavy atom. The highest BCUT2D eigenvalue weighted by Crippen LogP contribution is 1.80. The fraction of sp³-hybridized carbons (Fsp3) is 0. The molecule has 1 rings (SSSR count). The van der Waals surface area contributed by atoms with Crippen molar-refractivity contribution in [2.24, 2.45) is 0 Å². The van der Waals surface area contributed by atoms with Crippen molar-refractivity contribution < 1.29 is 33.7 Å². The molecule has 0 aromatic carbocycles. The third kappa shape index (κ3) is 17.6. The van der Waals surface area contributed by atoms with Crippen molar-refractivity contribution in [3.8, 4) is 0 Å². The van der Waals surface area contributed by atoms with E-state index in [1.54, 1.807) is 18.5 Å². The van der Waals surface area contributed by atoms with Gasteiger partial charge in [-0.2, -0.15) is 14.0 Å². The van der Waals surface area contributed by atoms with Crippen LogP contribution < -0.4 is 19.5 Å². The third-order valence-corrected chi connectivity index (χ3v) is 0.490. The lowest BCUT2D eigenvalue weighted by Crippen LogP contribution is -2.58. The predicted molar refractivity (Wildman–Crippen MR) is 24.7 cm³/mol. The molecule has 0 saturated heterocycles. The van der Waals surface area contributed by atoms with Gasteiger partial charge in [-0.25, -0.2) is 5.48 Å². The van der Waals surface area contributed by atoms with Crippen LogP contribution in [0.5, 0.6) is 0 Å². The quantitative estimate of drug-likeness (QED) is 0.403. The summed E-state index contributed by atoms with van der Waals surface area (Å²) in [5.41, 5.74) is 2.52. The highest BCUT2D eigenvalue weighted by molar-refractivity contribution is 5.00.